The fourth-order valence-electron chi connectivity index (χ4n) is 4.37. The Hall–Kier alpha value is -2.18. The Morgan fingerprint density at radius 3 is 2.59 bits per heavy atom. The van der Waals surface area contributed by atoms with Gasteiger partial charge in [-0.15, -0.1) is 0 Å². The molecule has 1 aliphatic carbocycles. The van der Waals surface area contributed by atoms with Crippen molar-refractivity contribution in [3.8, 4) is 0 Å². The SMILES string of the molecule is COC(=O)[C@@H]1[C@@H]2[C@H](CN1C(=O)[C@@H](Nc1nccc(C)n1)C(C)(C)C)C2(C)C. The highest BCUT2D eigenvalue weighted by Gasteiger charge is 2.70. The van der Waals surface area contributed by atoms with Gasteiger partial charge in [-0.2, -0.15) is 0 Å². The molecule has 0 aromatic carbocycles. The number of carbonyl (C=O) groups is 2. The summed E-state index contributed by atoms with van der Waals surface area (Å²) < 4.78 is 5.03. The first-order valence-corrected chi connectivity index (χ1v) is 9.43. The van der Waals surface area contributed by atoms with Crippen molar-refractivity contribution in [2.45, 2.75) is 53.6 Å². The van der Waals surface area contributed by atoms with E-state index in [0.29, 0.717) is 18.4 Å². The molecule has 0 unspecified atom stereocenters. The number of carbonyl (C=O) groups excluding carboxylic acids is 2. The quantitative estimate of drug-likeness (QED) is 0.814. The Kier molecular flexibility index (Phi) is 4.68. The number of hydrogen-bond donors (Lipinski definition) is 1. The summed E-state index contributed by atoms with van der Waals surface area (Å²) in [6, 6.07) is 0.738. The molecule has 0 spiro atoms. The Bertz CT molecular complexity index is 756. The Balaban J connectivity index is 1.87. The Morgan fingerprint density at radius 1 is 1.37 bits per heavy atom. The summed E-state index contributed by atoms with van der Waals surface area (Å²) in [4.78, 5) is 36.3. The number of hydrogen-bond acceptors (Lipinski definition) is 6. The molecule has 0 bridgehead atoms. The van der Waals surface area contributed by atoms with Crippen molar-refractivity contribution in [2.24, 2.45) is 22.7 Å². The molecule has 2 fully saturated rings. The van der Waals surface area contributed by atoms with Gasteiger partial charge in [0.05, 0.1) is 7.11 Å². The molecule has 27 heavy (non-hydrogen) atoms. The molecule has 0 radical (unpaired) electrons. The average molecular weight is 374 g/mol. The zero-order chi connectivity index (χ0) is 20.1. The van der Waals surface area contributed by atoms with Gasteiger partial charge in [-0.05, 0) is 29.7 Å². The van der Waals surface area contributed by atoms with E-state index < -0.39 is 12.1 Å². The fraction of sp³-hybridized carbons (Fsp3) is 0.700. The van der Waals surface area contributed by atoms with Crippen LogP contribution in [0.3, 0.4) is 0 Å². The van der Waals surface area contributed by atoms with E-state index in [0.717, 1.165) is 5.69 Å². The monoisotopic (exact) mass is 374 g/mol. The molecular weight excluding hydrogens is 344 g/mol. The van der Waals surface area contributed by atoms with Crippen LogP contribution in [0.25, 0.3) is 0 Å². The van der Waals surface area contributed by atoms with E-state index in [4.69, 9.17) is 4.74 Å². The normalized spacial score (nSPS) is 26.9. The highest BCUT2D eigenvalue weighted by Crippen LogP contribution is 2.65. The van der Waals surface area contributed by atoms with E-state index in [-0.39, 0.29) is 28.6 Å². The summed E-state index contributed by atoms with van der Waals surface area (Å²) in [6.45, 7) is 12.7. The number of amides is 1. The van der Waals surface area contributed by atoms with Gasteiger partial charge in [0.1, 0.15) is 12.1 Å². The van der Waals surface area contributed by atoms with Gasteiger partial charge >= 0.3 is 5.97 Å². The van der Waals surface area contributed by atoms with Gasteiger partial charge in [0.2, 0.25) is 11.9 Å². The minimum Gasteiger partial charge on any atom is -0.467 e. The first-order chi connectivity index (χ1) is 12.5. The van der Waals surface area contributed by atoms with Crippen molar-refractivity contribution in [2.75, 3.05) is 19.0 Å². The Morgan fingerprint density at radius 2 is 2.04 bits per heavy atom. The lowest BCUT2D eigenvalue weighted by Gasteiger charge is -2.37. The van der Waals surface area contributed by atoms with Crippen LogP contribution < -0.4 is 5.32 Å². The number of esters is 1. The van der Waals surface area contributed by atoms with Crippen molar-refractivity contribution in [1.29, 1.82) is 0 Å². The van der Waals surface area contributed by atoms with Crippen LogP contribution in [0.2, 0.25) is 0 Å². The van der Waals surface area contributed by atoms with Gasteiger partial charge in [-0.1, -0.05) is 34.6 Å². The molecule has 7 heteroatoms. The zero-order valence-electron chi connectivity index (χ0n) is 17.2. The third kappa shape index (κ3) is 3.39. The first kappa shape index (κ1) is 19.6. The summed E-state index contributed by atoms with van der Waals surface area (Å²) >= 11 is 0. The maximum atomic E-state index is 13.5. The predicted octanol–water partition coefficient (Wildman–Crippen LogP) is 2.27. The van der Waals surface area contributed by atoms with Crippen molar-refractivity contribution < 1.29 is 14.3 Å². The van der Waals surface area contributed by atoms with Crippen molar-refractivity contribution in [3.05, 3.63) is 18.0 Å². The molecule has 1 aliphatic heterocycles. The molecule has 1 N–H and O–H groups in total. The van der Waals surface area contributed by atoms with Gasteiger partial charge in [0, 0.05) is 24.4 Å². The molecule has 1 saturated heterocycles. The number of piperidine rings is 1. The van der Waals surface area contributed by atoms with E-state index in [1.54, 1.807) is 11.1 Å². The van der Waals surface area contributed by atoms with Gasteiger partial charge < -0.3 is 15.0 Å². The molecule has 7 nitrogen and oxygen atoms in total. The second kappa shape index (κ2) is 6.46. The van der Waals surface area contributed by atoms with Gasteiger partial charge in [-0.25, -0.2) is 14.8 Å². The average Bonchev–Trinajstić information content (AvgIpc) is 2.94. The highest BCUT2D eigenvalue weighted by atomic mass is 16.5. The number of rotatable bonds is 4. The van der Waals surface area contributed by atoms with Crippen LogP contribution in [0.15, 0.2) is 12.3 Å². The van der Waals surface area contributed by atoms with Crippen LogP contribution >= 0.6 is 0 Å². The van der Waals surface area contributed by atoms with Crippen molar-refractivity contribution >= 4 is 17.8 Å². The number of anilines is 1. The minimum absolute atomic E-state index is 0.0694. The first-order valence-electron chi connectivity index (χ1n) is 9.43. The number of aromatic nitrogens is 2. The van der Waals surface area contributed by atoms with Crippen LogP contribution in [0.1, 0.15) is 40.3 Å². The molecule has 2 aliphatic rings. The van der Waals surface area contributed by atoms with Crippen LogP contribution in [-0.4, -0.2) is 52.5 Å². The largest absolute Gasteiger partial charge is 0.467 e. The lowest BCUT2D eigenvalue weighted by atomic mass is 9.85. The number of likely N-dealkylation sites (tertiary alicyclic amines) is 1. The number of nitrogens with one attached hydrogen (secondary N) is 1. The second-order valence-corrected chi connectivity index (χ2v) is 9.38. The summed E-state index contributed by atoms with van der Waals surface area (Å²) in [5.74, 6) is 0.473. The van der Waals surface area contributed by atoms with Crippen LogP contribution in [0, 0.1) is 29.6 Å². The van der Waals surface area contributed by atoms with E-state index in [1.165, 1.54) is 7.11 Å². The van der Waals surface area contributed by atoms with E-state index in [2.05, 4.69) is 29.1 Å². The molecule has 148 valence electrons. The van der Waals surface area contributed by atoms with Crippen molar-refractivity contribution in [3.63, 3.8) is 0 Å². The van der Waals surface area contributed by atoms with Gasteiger partial charge in [0.25, 0.3) is 0 Å². The molecule has 1 saturated carbocycles. The number of ether oxygens (including phenoxy) is 1. The lowest BCUT2D eigenvalue weighted by molar-refractivity contribution is -0.154. The van der Waals surface area contributed by atoms with E-state index >= 15 is 0 Å². The Labute approximate surface area is 160 Å². The van der Waals surface area contributed by atoms with Gasteiger partial charge in [0.15, 0.2) is 0 Å². The van der Waals surface area contributed by atoms with Gasteiger partial charge in [-0.3, -0.25) is 4.79 Å². The smallest absolute Gasteiger partial charge is 0.328 e. The highest BCUT2D eigenvalue weighted by molar-refractivity contribution is 5.91. The van der Waals surface area contributed by atoms with Crippen LogP contribution in [-0.2, 0) is 14.3 Å². The topological polar surface area (TPSA) is 84.4 Å². The molecule has 1 aromatic heterocycles. The summed E-state index contributed by atoms with van der Waals surface area (Å²) in [5, 5.41) is 3.20. The predicted molar refractivity (Wildman–Crippen MR) is 102 cm³/mol. The molecule has 2 heterocycles. The standard InChI is InChI=1S/C20H30N4O3/c1-11-8-9-21-18(22-11)23-15(19(2,3)4)16(25)24-10-12-13(20(12,5)6)14(24)17(26)27-7/h8-9,12-15H,10H2,1-7H3,(H,21,22,23)/t12-,13-,14-,15+/m0/s1. The minimum atomic E-state index is -0.549. The second-order valence-electron chi connectivity index (χ2n) is 9.38. The summed E-state index contributed by atoms with van der Waals surface area (Å²) in [5.41, 5.74) is 0.511. The molecule has 1 amide bonds. The molecule has 1 aromatic rings. The van der Waals surface area contributed by atoms with Crippen molar-refractivity contribution in [1.82, 2.24) is 14.9 Å². The maximum absolute atomic E-state index is 13.5. The fourth-order valence-corrected chi connectivity index (χ4v) is 4.37. The third-order valence-electron chi connectivity index (χ3n) is 6.12. The molecular formula is C20H30N4O3. The van der Waals surface area contributed by atoms with E-state index in [1.807, 2.05) is 33.8 Å². The maximum Gasteiger partial charge on any atom is 0.328 e. The number of methoxy groups -OCH3 is 1. The number of aryl methyl sites for hydroxylation is 1. The van der Waals surface area contributed by atoms with Crippen LogP contribution in [0.4, 0.5) is 5.95 Å². The molecule has 3 rings (SSSR count). The zero-order valence-corrected chi connectivity index (χ0v) is 17.2. The molecule has 4 atom stereocenters. The van der Waals surface area contributed by atoms with Crippen LogP contribution in [0.5, 0.6) is 0 Å². The number of nitrogens with zero attached hydrogens (tertiary/aromatic N) is 3. The third-order valence-corrected chi connectivity index (χ3v) is 6.12. The number of fused-ring (bicyclic) bond motifs is 1. The summed E-state index contributed by atoms with van der Waals surface area (Å²) in [7, 11) is 1.38. The summed E-state index contributed by atoms with van der Waals surface area (Å²) in [6.07, 6.45) is 1.67. The lowest BCUT2D eigenvalue weighted by Crippen LogP contribution is -2.55. The van der Waals surface area contributed by atoms with E-state index in [9.17, 15) is 9.59 Å².